The number of carbonyl (C=O) groups is 1. The van der Waals surface area contributed by atoms with E-state index >= 15 is 0 Å². The molecule has 7 nitrogen and oxygen atoms in total. The van der Waals surface area contributed by atoms with Crippen LogP contribution in [0, 0.1) is 6.92 Å². The molecule has 1 atom stereocenters. The Morgan fingerprint density at radius 3 is 2.88 bits per heavy atom. The van der Waals surface area contributed by atoms with Gasteiger partial charge in [0.05, 0.1) is 5.69 Å². The number of fused-ring (bicyclic) bond motifs is 1. The standard InChI is InChI=1S/C17H24N6O/c1-12-9-16(21(2)19-12)22-7-3-5-13(11-22)18-17(24)15-10-14-6-4-8-23(14)20-15/h9-10,13H,3-8,11H2,1-2H3,(H,18,24). The molecule has 2 aromatic rings. The highest BCUT2D eigenvalue weighted by Gasteiger charge is 2.25. The molecule has 4 rings (SSSR count). The Morgan fingerprint density at radius 2 is 2.12 bits per heavy atom. The Bertz CT molecular complexity index is 740. The predicted octanol–water partition coefficient (Wildman–Crippen LogP) is 1.27. The van der Waals surface area contributed by atoms with Crippen molar-refractivity contribution in [3.63, 3.8) is 0 Å². The van der Waals surface area contributed by atoms with Crippen LogP contribution >= 0.6 is 0 Å². The summed E-state index contributed by atoms with van der Waals surface area (Å²) in [6.07, 6.45) is 4.23. The molecule has 0 bridgehead atoms. The number of hydrogen-bond donors (Lipinski definition) is 1. The fourth-order valence-corrected chi connectivity index (χ4v) is 3.83. The van der Waals surface area contributed by atoms with Gasteiger partial charge in [-0.05, 0) is 38.7 Å². The molecule has 1 unspecified atom stereocenters. The molecule has 2 aromatic heterocycles. The van der Waals surface area contributed by atoms with Crippen LogP contribution in [0.4, 0.5) is 5.82 Å². The second kappa shape index (κ2) is 5.96. The van der Waals surface area contributed by atoms with Crippen molar-refractivity contribution in [3.8, 4) is 0 Å². The van der Waals surface area contributed by atoms with Crippen LogP contribution in [-0.2, 0) is 20.0 Å². The molecule has 1 saturated heterocycles. The largest absolute Gasteiger partial charge is 0.355 e. The fraction of sp³-hybridized carbons (Fsp3) is 0.588. The monoisotopic (exact) mass is 328 g/mol. The predicted molar refractivity (Wildman–Crippen MR) is 91.2 cm³/mol. The molecule has 4 heterocycles. The van der Waals surface area contributed by atoms with Crippen LogP contribution in [0.15, 0.2) is 12.1 Å². The lowest BCUT2D eigenvalue weighted by molar-refractivity contribution is 0.0927. The maximum absolute atomic E-state index is 12.5. The number of carbonyl (C=O) groups excluding carboxylic acids is 1. The number of piperidine rings is 1. The number of anilines is 1. The van der Waals surface area contributed by atoms with Gasteiger partial charge in [0.15, 0.2) is 0 Å². The molecule has 128 valence electrons. The number of nitrogens with zero attached hydrogens (tertiary/aromatic N) is 5. The smallest absolute Gasteiger partial charge is 0.272 e. The first-order valence-corrected chi connectivity index (χ1v) is 8.73. The van der Waals surface area contributed by atoms with Gasteiger partial charge in [-0.15, -0.1) is 0 Å². The van der Waals surface area contributed by atoms with Crippen molar-refractivity contribution < 1.29 is 4.79 Å². The van der Waals surface area contributed by atoms with E-state index in [0.29, 0.717) is 5.69 Å². The number of nitrogens with one attached hydrogen (secondary N) is 1. The van der Waals surface area contributed by atoms with Crippen LogP contribution in [0.5, 0.6) is 0 Å². The molecule has 0 spiro atoms. The molecule has 2 aliphatic heterocycles. The summed E-state index contributed by atoms with van der Waals surface area (Å²) in [4.78, 5) is 14.8. The Kier molecular flexibility index (Phi) is 3.78. The van der Waals surface area contributed by atoms with Gasteiger partial charge in [0.2, 0.25) is 0 Å². The number of amides is 1. The van der Waals surface area contributed by atoms with Crippen molar-refractivity contribution in [2.24, 2.45) is 7.05 Å². The highest BCUT2D eigenvalue weighted by Crippen LogP contribution is 2.21. The first-order valence-electron chi connectivity index (χ1n) is 8.73. The van der Waals surface area contributed by atoms with E-state index in [1.54, 1.807) is 0 Å². The Balaban J connectivity index is 1.42. The third-order valence-electron chi connectivity index (χ3n) is 4.96. The maximum atomic E-state index is 12.5. The van der Waals surface area contributed by atoms with Gasteiger partial charge in [-0.2, -0.15) is 10.2 Å². The van der Waals surface area contributed by atoms with Crippen LogP contribution in [0.2, 0.25) is 0 Å². The van der Waals surface area contributed by atoms with Gasteiger partial charge in [0, 0.05) is 44.5 Å². The summed E-state index contributed by atoms with van der Waals surface area (Å²) >= 11 is 0. The Hall–Kier alpha value is -2.31. The molecule has 0 radical (unpaired) electrons. The van der Waals surface area contributed by atoms with E-state index in [2.05, 4.69) is 26.5 Å². The minimum Gasteiger partial charge on any atom is -0.355 e. The maximum Gasteiger partial charge on any atom is 0.272 e. The van der Waals surface area contributed by atoms with Crippen molar-refractivity contribution in [1.82, 2.24) is 24.9 Å². The highest BCUT2D eigenvalue weighted by molar-refractivity contribution is 5.92. The molecule has 1 N–H and O–H groups in total. The lowest BCUT2D eigenvalue weighted by Gasteiger charge is -2.34. The van der Waals surface area contributed by atoms with Gasteiger partial charge >= 0.3 is 0 Å². The molecule has 1 amide bonds. The van der Waals surface area contributed by atoms with Crippen molar-refractivity contribution >= 4 is 11.7 Å². The average molecular weight is 328 g/mol. The van der Waals surface area contributed by atoms with Crippen molar-refractivity contribution in [1.29, 1.82) is 0 Å². The first-order chi connectivity index (χ1) is 11.6. The zero-order valence-electron chi connectivity index (χ0n) is 14.3. The van der Waals surface area contributed by atoms with E-state index in [1.807, 2.05) is 29.4 Å². The van der Waals surface area contributed by atoms with Crippen molar-refractivity contribution in [2.75, 3.05) is 18.0 Å². The minimum absolute atomic E-state index is 0.0510. The van der Waals surface area contributed by atoms with Gasteiger partial charge < -0.3 is 10.2 Å². The summed E-state index contributed by atoms with van der Waals surface area (Å²) in [7, 11) is 1.97. The second-order valence-electron chi connectivity index (χ2n) is 6.87. The van der Waals surface area contributed by atoms with E-state index in [1.165, 1.54) is 5.69 Å². The summed E-state index contributed by atoms with van der Waals surface area (Å²) in [5, 5.41) is 12.0. The summed E-state index contributed by atoms with van der Waals surface area (Å²) < 4.78 is 3.87. The quantitative estimate of drug-likeness (QED) is 0.921. The van der Waals surface area contributed by atoms with E-state index in [-0.39, 0.29) is 11.9 Å². The van der Waals surface area contributed by atoms with Gasteiger partial charge in [0.25, 0.3) is 5.91 Å². The van der Waals surface area contributed by atoms with E-state index in [4.69, 9.17) is 0 Å². The number of hydrogen-bond acceptors (Lipinski definition) is 4. The number of aryl methyl sites for hydroxylation is 4. The summed E-state index contributed by atoms with van der Waals surface area (Å²) in [6, 6.07) is 4.19. The zero-order valence-corrected chi connectivity index (χ0v) is 14.3. The normalized spacial score (nSPS) is 20.2. The molecular weight excluding hydrogens is 304 g/mol. The van der Waals surface area contributed by atoms with Crippen LogP contribution in [0.25, 0.3) is 0 Å². The second-order valence-corrected chi connectivity index (χ2v) is 6.87. The third kappa shape index (κ3) is 2.79. The zero-order chi connectivity index (χ0) is 16.7. The Morgan fingerprint density at radius 1 is 1.25 bits per heavy atom. The number of aromatic nitrogens is 4. The fourth-order valence-electron chi connectivity index (χ4n) is 3.83. The highest BCUT2D eigenvalue weighted by atomic mass is 16.2. The van der Waals surface area contributed by atoms with Crippen LogP contribution < -0.4 is 10.2 Å². The molecule has 7 heteroatoms. The van der Waals surface area contributed by atoms with Crippen LogP contribution in [-0.4, -0.2) is 44.6 Å². The van der Waals surface area contributed by atoms with Gasteiger partial charge in [-0.1, -0.05) is 0 Å². The molecule has 1 fully saturated rings. The number of rotatable bonds is 3. The van der Waals surface area contributed by atoms with Crippen LogP contribution in [0.1, 0.15) is 41.1 Å². The molecular formula is C17H24N6O. The lowest BCUT2D eigenvalue weighted by atomic mass is 10.1. The van der Waals surface area contributed by atoms with E-state index in [9.17, 15) is 4.79 Å². The minimum atomic E-state index is -0.0510. The van der Waals surface area contributed by atoms with Crippen molar-refractivity contribution in [2.45, 2.75) is 45.2 Å². The summed E-state index contributed by atoms with van der Waals surface area (Å²) in [6.45, 7) is 4.76. The van der Waals surface area contributed by atoms with Gasteiger partial charge in [-0.25, -0.2) is 0 Å². The summed E-state index contributed by atoms with van der Waals surface area (Å²) in [5.41, 5.74) is 2.75. The average Bonchev–Trinajstić information content (AvgIpc) is 3.21. The van der Waals surface area contributed by atoms with E-state index < -0.39 is 0 Å². The van der Waals surface area contributed by atoms with Crippen molar-refractivity contribution in [3.05, 3.63) is 29.2 Å². The van der Waals surface area contributed by atoms with Gasteiger partial charge in [0.1, 0.15) is 11.5 Å². The molecule has 2 aliphatic rings. The van der Waals surface area contributed by atoms with Crippen LogP contribution in [0.3, 0.4) is 0 Å². The SMILES string of the molecule is Cc1cc(N2CCCC(NC(=O)c3cc4n(n3)CCC4)C2)n(C)n1. The lowest BCUT2D eigenvalue weighted by Crippen LogP contribution is -2.48. The first kappa shape index (κ1) is 15.2. The third-order valence-corrected chi connectivity index (χ3v) is 4.96. The Labute approximate surface area is 141 Å². The topological polar surface area (TPSA) is 68.0 Å². The summed E-state index contributed by atoms with van der Waals surface area (Å²) in [5.74, 6) is 1.07. The van der Waals surface area contributed by atoms with Gasteiger partial charge in [-0.3, -0.25) is 14.2 Å². The molecule has 0 saturated carbocycles. The van der Waals surface area contributed by atoms with E-state index in [0.717, 1.165) is 56.8 Å². The molecule has 24 heavy (non-hydrogen) atoms. The molecule has 0 aliphatic carbocycles. The molecule has 0 aromatic carbocycles.